The molecule has 22 nitrogen and oxygen atoms in total. The van der Waals surface area contributed by atoms with Crippen LogP contribution in [0.3, 0.4) is 0 Å². The summed E-state index contributed by atoms with van der Waals surface area (Å²) >= 11 is 0. The van der Waals surface area contributed by atoms with Crippen LogP contribution in [0.2, 0.25) is 0 Å². The lowest BCUT2D eigenvalue weighted by molar-refractivity contribution is -0.145. The van der Waals surface area contributed by atoms with Crippen molar-refractivity contribution in [3.05, 3.63) is 0 Å². The average Bonchev–Trinajstić information content (AvgIpc) is 3.56. The van der Waals surface area contributed by atoms with E-state index in [2.05, 4.69) is 31.6 Å². The number of nitrogens with one attached hydrogen (secondary N) is 5. The summed E-state index contributed by atoms with van der Waals surface area (Å²) in [7, 11) is 0. The van der Waals surface area contributed by atoms with Gasteiger partial charge in [-0.3, -0.25) is 38.6 Å². The van der Waals surface area contributed by atoms with Gasteiger partial charge >= 0.3 is 11.9 Å². The van der Waals surface area contributed by atoms with Gasteiger partial charge in [0.1, 0.15) is 30.2 Å². The molecule has 16 N–H and O–H groups in total. The first kappa shape index (κ1) is 42.9. The zero-order chi connectivity index (χ0) is 37.8. The van der Waals surface area contributed by atoms with Crippen LogP contribution in [0.15, 0.2) is 4.99 Å². The fourth-order valence-corrected chi connectivity index (χ4v) is 4.92. The number of nitrogens with two attached hydrogens (primary N) is 4. The van der Waals surface area contributed by atoms with Crippen LogP contribution in [-0.4, -0.2) is 143 Å². The number of likely N-dealkylation sites (tertiary alicyclic amines) is 1. The largest absolute Gasteiger partial charge is 0.481 e. The first-order valence-electron chi connectivity index (χ1n) is 15.9. The number of carboxylic acids is 2. The molecule has 0 aromatic carbocycles. The van der Waals surface area contributed by atoms with E-state index in [4.69, 9.17) is 22.9 Å². The molecule has 1 fully saturated rings. The van der Waals surface area contributed by atoms with Gasteiger partial charge < -0.3 is 69.7 Å². The van der Waals surface area contributed by atoms with Crippen LogP contribution in [0.25, 0.3) is 0 Å². The van der Waals surface area contributed by atoms with Crippen molar-refractivity contribution >= 4 is 53.3 Å². The predicted octanol–water partition coefficient (Wildman–Crippen LogP) is -6.27. The van der Waals surface area contributed by atoms with Gasteiger partial charge in [-0.25, -0.2) is 4.79 Å². The Labute approximate surface area is 287 Å². The second kappa shape index (κ2) is 22.5. The standard InChI is InChI=1S/C28H49N11O11/c29-8-2-1-5-16(27(49)50)37-25(47)19-7-4-10-39(19)26(48)18(14-40)38-24(46)17(11-22(43)44)36-21(42)13-34-23(45)15(35-20(41)12-30)6-3-9-33-28(31)32/h15-19,40H,1-14,29-30H2,(H,34,45)(H,35,41)(H,36,42)(H,37,47)(H,38,46)(H,43,44)(H,49,50)(H4,31,32,33)/t15-,16-,17+,18+,19-/m0/s1. The fraction of sp³-hybridized carbons (Fsp3) is 0.679. The minimum atomic E-state index is -1.77. The van der Waals surface area contributed by atoms with Crippen LogP contribution in [0, 0.1) is 0 Å². The molecule has 1 heterocycles. The highest BCUT2D eigenvalue weighted by Gasteiger charge is 2.39. The Morgan fingerprint density at radius 1 is 0.800 bits per heavy atom. The number of carbonyl (C=O) groups is 8. The van der Waals surface area contributed by atoms with E-state index in [0.29, 0.717) is 25.8 Å². The van der Waals surface area contributed by atoms with E-state index in [9.17, 15) is 53.7 Å². The molecule has 1 aliphatic heterocycles. The Hall–Kier alpha value is -5.09. The fourth-order valence-electron chi connectivity index (χ4n) is 4.92. The van der Waals surface area contributed by atoms with Gasteiger partial charge in [0.05, 0.1) is 26.1 Å². The van der Waals surface area contributed by atoms with Gasteiger partial charge in [0, 0.05) is 13.1 Å². The lowest BCUT2D eigenvalue weighted by atomic mass is 10.1. The highest BCUT2D eigenvalue weighted by Crippen LogP contribution is 2.19. The van der Waals surface area contributed by atoms with E-state index in [1.165, 1.54) is 0 Å². The van der Waals surface area contributed by atoms with Crippen LogP contribution >= 0.6 is 0 Å². The van der Waals surface area contributed by atoms with Crippen molar-refractivity contribution < 1.29 is 53.7 Å². The minimum Gasteiger partial charge on any atom is -0.481 e. The third-order valence-corrected chi connectivity index (χ3v) is 7.43. The van der Waals surface area contributed by atoms with Gasteiger partial charge in [-0.15, -0.1) is 0 Å². The third kappa shape index (κ3) is 15.4. The van der Waals surface area contributed by atoms with Crippen LogP contribution in [0.5, 0.6) is 0 Å². The van der Waals surface area contributed by atoms with Gasteiger partial charge in [-0.05, 0) is 51.5 Å². The molecule has 0 unspecified atom stereocenters. The minimum absolute atomic E-state index is 0.0458. The lowest BCUT2D eigenvalue weighted by Crippen LogP contribution is -2.59. The summed E-state index contributed by atoms with van der Waals surface area (Å²) in [6.45, 7) is -1.61. The number of carbonyl (C=O) groups excluding carboxylic acids is 6. The monoisotopic (exact) mass is 715 g/mol. The zero-order valence-corrected chi connectivity index (χ0v) is 27.6. The molecule has 5 atom stereocenters. The van der Waals surface area contributed by atoms with Crippen molar-refractivity contribution in [2.75, 3.05) is 39.3 Å². The normalized spacial score (nSPS) is 16.1. The molecule has 0 aliphatic carbocycles. The van der Waals surface area contributed by atoms with E-state index < -0.39 is 104 Å². The van der Waals surface area contributed by atoms with Crippen molar-refractivity contribution in [3.63, 3.8) is 0 Å². The van der Waals surface area contributed by atoms with Crippen molar-refractivity contribution in [2.45, 2.75) is 81.6 Å². The number of nitrogens with zero attached hydrogens (tertiary/aromatic N) is 2. The van der Waals surface area contributed by atoms with Crippen molar-refractivity contribution in [1.29, 1.82) is 0 Å². The molecule has 0 radical (unpaired) electrons. The van der Waals surface area contributed by atoms with Gasteiger partial charge in [-0.1, -0.05) is 0 Å². The number of guanidine groups is 1. The number of carboxylic acid groups (broad SMARTS) is 2. The second-order valence-electron chi connectivity index (χ2n) is 11.3. The number of aliphatic carboxylic acids is 2. The van der Waals surface area contributed by atoms with Crippen LogP contribution in [-0.2, 0) is 38.4 Å². The van der Waals surface area contributed by atoms with Crippen LogP contribution < -0.4 is 49.5 Å². The molecule has 6 amide bonds. The Balaban J connectivity index is 2.91. The van der Waals surface area contributed by atoms with E-state index in [-0.39, 0.29) is 44.7 Å². The number of aliphatic hydroxyl groups excluding tert-OH is 1. The molecule has 0 saturated carbocycles. The Bertz CT molecular complexity index is 1250. The highest BCUT2D eigenvalue weighted by atomic mass is 16.4. The molecule has 22 heteroatoms. The molecule has 282 valence electrons. The van der Waals surface area contributed by atoms with Crippen molar-refractivity contribution in [3.8, 4) is 0 Å². The molecule has 0 spiro atoms. The predicted molar refractivity (Wildman–Crippen MR) is 174 cm³/mol. The average molecular weight is 716 g/mol. The Morgan fingerprint density at radius 2 is 1.46 bits per heavy atom. The molecular formula is C28H49N11O11. The quantitative estimate of drug-likeness (QED) is 0.0266. The number of hydrogen-bond acceptors (Lipinski definition) is 12. The van der Waals surface area contributed by atoms with E-state index in [1.807, 2.05) is 0 Å². The highest BCUT2D eigenvalue weighted by molar-refractivity contribution is 5.97. The van der Waals surface area contributed by atoms with E-state index in [0.717, 1.165) is 4.90 Å². The molecule has 1 aliphatic rings. The lowest BCUT2D eigenvalue weighted by Gasteiger charge is -2.29. The van der Waals surface area contributed by atoms with E-state index >= 15 is 0 Å². The van der Waals surface area contributed by atoms with Gasteiger partial charge in [0.2, 0.25) is 35.4 Å². The van der Waals surface area contributed by atoms with Crippen LogP contribution in [0.4, 0.5) is 0 Å². The van der Waals surface area contributed by atoms with Gasteiger partial charge in [-0.2, -0.15) is 0 Å². The van der Waals surface area contributed by atoms with E-state index in [1.54, 1.807) is 0 Å². The maximum absolute atomic E-state index is 13.3. The smallest absolute Gasteiger partial charge is 0.326 e. The summed E-state index contributed by atoms with van der Waals surface area (Å²) in [5.74, 6) is -8.23. The summed E-state index contributed by atoms with van der Waals surface area (Å²) in [4.78, 5) is 104. The molecule has 1 saturated heterocycles. The number of aliphatic hydroxyl groups is 1. The first-order valence-corrected chi connectivity index (χ1v) is 15.9. The molecule has 0 bridgehead atoms. The van der Waals surface area contributed by atoms with Crippen LogP contribution in [0.1, 0.15) is 51.4 Å². The van der Waals surface area contributed by atoms with Crippen molar-refractivity contribution in [1.82, 2.24) is 31.5 Å². The number of hydrogen-bond donors (Lipinski definition) is 12. The molecule has 1 rings (SSSR count). The summed E-state index contributed by atoms with van der Waals surface area (Å²) in [5, 5.41) is 40.2. The SMILES string of the molecule is NCCCC[C@H](NC(=O)[C@@H]1CCCN1C(=O)[C@@H](CO)NC(=O)[C@@H](CC(=O)O)NC(=O)CNC(=O)[C@H](CCCN=C(N)N)NC(=O)CN)C(=O)O. The molecular weight excluding hydrogens is 666 g/mol. The van der Waals surface area contributed by atoms with Gasteiger partial charge in [0.15, 0.2) is 5.96 Å². The summed E-state index contributed by atoms with van der Waals surface area (Å²) in [6.07, 6.45) is 1.00. The molecule has 0 aromatic heterocycles. The number of rotatable bonds is 23. The summed E-state index contributed by atoms with van der Waals surface area (Å²) < 4.78 is 0. The van der Waals surface area contributed by atoms with Crippen molar-refractivity contribution in [2.24, 2.45) is 27.9 Å². The summed E-state index contributed by atoms with van der Waals surface area (Å²) in [6, 6.07) is -6.89. The number of amides is 6. The maximum Gasteiger partial charge on any atom is 0.326 e. The molecule has 50 heavy (non-hydrogen) atoms. The number of unbranched alkanes of at least 4 members (excludes halogenated alkanes) is 1. The third-order valence-electron chi connectivity index (χ3n) is 7.43. The number of aliphatic imine (C=N–C) groups is 1. The zero-order valence-electron chi connectivity index (χ0n) is 27.6. The molecule has 0 aromatic rings. The second-order valence-corrected chi connectivity index (χ2v) is 11.3. The topological polar surface area (TPSA) is 377 Å². The Morgan fingerprint density at radius 3 is 2.04 bits per heavy atom. The maximum atomic E-state index is 13.3. The summed E-state index contributed by atoms with van der Waals surface area (Å²) in [5.41, 5.74) is 21.3. The first-order chi connectivity index (χ1) is 23.6. The van der Waals surface area contributed by atoms with Gasteiger partial charge in [0.25, 0.3) is 0 Å². The Kier molecular flexibility index (Phi) is 19.3.